The molecule has 1 saturated carbocycles. The van der Waals surface area contributed by atoms with Gasteiger partial charge in [-0.3, -0.25) is 9.78 Å². The molecule has 1 amide bonds. The van der Waals surface area contributed by atoms with E-state index < -0.39 is 5.60 Å². The first-order valence-corrected chi connectivity index (χ1v) is 7.48. The van der Waals surface area contributed by atoms with Gasteiger partial charge in [0.15, 0.2) is 0 Å². The average molecular weight is 276 g/mol. The predicted octanol–water partition coefficient (Wildman–Crippen LogP) is 2.13. The molecule has 0 bridgehead atoms. The van der Waals surface area contributed by atoms with Gasteiger partial charge in [0, 0.05) is 18.4 Å². The largest absolute Gasteiger partial charge is 0.388 e. The summed E-state index contributed by atoms with van der Waals surface area (Å²) in [7, 11) is 0. The lowest BCUT2D eigenvalue weighted by atomic mass is 9.94. The van der Waals surface area contributed by atoms with Crippen molar-refractivity contribution in [3.8, 4) is 0 Å². The van der Waals surface area contributed by atoms with E-state index in [0.717, 1.165) is 36.9 Å². The highest BCUT2D eigenvalue weighted by molar-refractivity contribution is 5.78. The van der Waals surface area contributed by atoms with E-state index in [1.807, 2.05) is 19.1 Å². The molecule has 0 spiro atoms. The van der Waals surface area contributed by atoms with Crippen molar-refractivity contribution >= 4 is 5.91 Å². The van der Waals surface area contributed by atoms with E-state index in [1.165, 1.54) is 12.8 Å². The zero-order valence-corrected chi connectivity index (χ0v) is 12.2. The topological polar surface area (TPSA) is 62.2 Å². The van der Waals surface area contributed by atoms with Crippen molar-refractivity contribution in [3.05, 3.63) is 29.6 Å². The molecule has 1 heterocycles. The standard InChI is InChI=1S/C16H24N2O2/c1-13-6-7-14(11-17-13)10-15(19)18-12-16(20)8-4-2-3-5-9-16/h6-7,11,20H,2-5,8-10,12H2,1H3,(H,18,19). The molecule has 0 radical (unpaired) electrons. The normalized spacial score (nSPS) is 18.3. The highest BCUT2D eigenvalue weighted by atomic mass is 16.3. The van der Waals surface area contributed by atoms with Crippen LogP contribution in [0.2, 0.25) is 0 Å². The van der Waals surface area contributed by atoms with E-state index in [2.05, 4.69) is 10.3 Å². The second kappa shape index (κ2) is 6.84. The van der Waals surface area contributed by atoms with Crippen LogP contribution >= 0.6 is 0 Å². The number of aromatic nitrogens is 1. The molecule has 2 rings (SSSR count). The van der Waals surface area contributed by atoms with Gasteiger partial charge in [-0.25, -0.2) is 0 Å². The highest BCUT2D eigenvalue weighted by Crippen LogP contribution is 2.26. The number of pyridine rings is 1. The smallest absolute Gasteiger partial charge is 0.224 e. The lowest BCUT2D eigenvalue weighted by Gasteiger charge is -2.26. The number of amides is 1. The summed E-state index contributed by atoms with van der Waals surface area (Å²) in [5.74, 6) is -0.0478. The van der Waals surface area contributed by atoms with Crippen LogP contribution in [0.1, 0.15) is 49.8 Å². The summed E-state index contributed by atoms with van der Waals surface area (Å²) in [6, 6.07) is 3.82. The van der Waals surface area contributed by atoms with Crippen molar-refractivity contribution in [1.82, 2.24) is 10.3 Å². The molecule has 0 unspecified atom stereocenters. The van der Waals surface area contributed by atoms with Gasteiger partial charge in [-0.2, -0.15) is 0 Å². The molecule has 20 heavy (non-hydrogen) atoms. The van der Waals surface area contributed by atoms with Gasteiger partial charge in [-0.05, 0) is 31.4 Å². The fraction of sp³-hybridized carbons (Fsp3) is 0.625. The third kappa shape index (κ3) is 4.60. The van der Waals surface area contributed by atoms with Crippen LogP contribution in [0.15, 0.2) is 18.3 Å². The van der Waals surface area contributed by atoms with Crippen LogP contribution in [-0.2, 0) is 11.2 Å². The van der Waals surface area contributed by atoms with E-state index in [9.17, 15) is 9.90 Å². The lowest BCUT2D eigenvalue weighted by molar-refractivity contribution is -0.121. The van der Waals surface area contributed by atoms with Crippen molar-refractivity contribution in [2.75, 3.05) is 6.54 Å². The van der Waals surface area contributed by atoms with Crippen LogP contribution in [0, 0.1) is 6.92 Å². The van der Waals surface area contributed by atoms with Gasteiger partial charge in [0.1, 0.15) is 0 Å². The second-order valence-electron chi connectivity index (χ2n) is 5.90. The van der Waals surface area contributed by atoms with E-state index in [1.54, 1.807) is 6.20 Å². The first-order chi connectivity index (χ1) is 9.57. The molecular formula is C16H24N2O2. The van der Waals surface area contributed by atoms with Gasteiger partial charge in [0.25, 0.3) is 0 Å². The van der Waals surface area contributed by atoms with Gasteiger partial charge in [-0.1, -0.05) is 31.7 Å². The Labute approximate surface area is 120 Å². The van der Waals surface area contributed by atoms with Crippen molar-refractivity contribution < 1.29 is 9.90 Å². The number of nitrogens with zero attached hydrogens (tertiary/aromatic N) is 1. The second-order valence-corrected chi connectivity index (χ2v) is 5.90. The van der Waals surface area contributed by atoms with E-state index in [0.29, 0.717) is 13.0 Å². The maximum absolute atomic E-state index is 11.9. The monoisotopic (exact) mass is 276 g/mol. The zero-order chi connectivity index (χ0) is 14.4. The molecule has 1 aromatic rings. The van der Waals surface area contributed by atoms with Crippen LogP contribution in [0.4, 0.5) is 0 Å². The number of rotatable bonds is 4. The molecule has 1 aromatic heterocycles. The Kier molecular flexibility index (Phi) is 5.12. The Morgan fingerprint density at radius 3 is 2.60 bits per heavy atom. The van der Waals surface area contributed by atoms with Crippen molar-refractivity contribution in [2.45, 2.75) is 57.5 Å². The zero-order valence-electron chi connectivity index (χ0n) is 12.2. The van der Waals surface area contributed by atoms with Crippen LogP contribution in [0.3, 0.4) is 0 Å². The molecule has 110 valence electrons. The number of hydrogen-bond donors (Lipinski definition) is 2. The average Bonchev–Trinajstić information content (AvgIpc) is 2.65. The summed E-state index contributed by atoms with van der Waals surface area (Å²) in [6.45, 7) is 2.29. The maximum Gasteiger partial charge on any atom is 0.224 e. The van der Waals surface area contributed by atoms with Gasteiger partial charge in [0.2, 0.25) is 5.91 Å². The Bertz CT molecular complexity index is 434. The SMILES string of the molecule is Cc1ccc(CC(=O)NCC2(O)CCCCCC2)cn1. The molecule has 0 aromatic carbocycles. The fourth-order valence-electron chi connectivity index (χ4n) is 2.68. The number of carbonyl (C=O) groups excluding carboxylic acids is 1. The number of aryl methyl sites for hydroxylation is 1. The van der Waals surface area contributed by atoms with Crippen LogP contribution < -0.4 is 5.32 Å². The molecule has 4 nitrogen and oxygen atoms in total. The van der Waals surface area contributed by atoms with Gasteiger partial charge in [-0.15, -0.1) is 0 Å². The summed E-state index contributed by atoms with van der Waals surface area (Å²) in [5.41, 5.74) is 1.14. The number of nitrogens with one attached hydrogen (secondary N) is 1. The molecule has 0 aliphatic heterocycles. The highest BCUT2D eigenvalue weighted by Gasteiger charge is 2.28. The third-order valence-electron chi connectivity index (χ3n) is 3.99. The molecule has 1 aliphatic rings. The van der Waals surface area contributed by atoms with Gasteiger partial charge < -0.3 is 10.4 Å². The predicted molar refractivity (Wildman–Crippen MR) is 78.3 cm³/mol. The fourth-order valence-corrected chi connectivity index (χ4v) is 2.68. The van der Waals surface area contributed by atoms with Crippen LogP contribution in [0.5, 0.6) is 0 Å². The van der Waals surface area contributed by atoms with E-state index in [-0.39, 0.29) is 5.91 Å². The van der Waals surface area contributed by atoms with Crippen molar-refractivity contribution in [1.29, 1.82) is 0 Å². The molecule has 2 N–H and O–H groups in total. The molecule has 0 saturated heterocycles. The van der Waals surface area contributed by atoms with Crippen molar-refractivity contribution in [3.63, 3.8) is 0 Å². The minimum Gasteiger partial charge on any atom is -0.388 e. The Morgan fingerprint density at radius 2 is 2.00 bits per heavy atom. The Hall–Kier alpha value is -1.42. The summed E-state index contributed by atoms with van der Waals surface area (Å²) < 4.78 is 0. The first kappa shape index (κ1) is 15.0. The summed E-state index contributed by atoms with van der Waals surface area (Å²) in [4.78, 5) is 16.1. The van der Waals surface area contributed by atoms with Crippen molar-refractivity contribution in [2.24, 2.45) is 0 Å². The summed E-state index contributed by atoms with van der Waals surface area (Å²) in [5, 5.41) is 13.3. The molecule has 4 heteroatoms. The van der Waals surface area contributed by atoms with Gasteiger partial charge >= 0.3 is 0 Å². The lowest BCUT2D eigenvalue weighted by Crippen LogP contribution is -2.43. The molecular weight excluding hydrogens is 252 g/mol. The van der Waals surface area contributed by atoms with E-state index >= 15 is 0 Å². The van der Waals surface area contributed by atoms with Gasteiger partial charge in [0.05, 0.1) is 12.0 Å². The van der Waals surface area contributed by atoms with E-state index in [4.69, 9.17) is 0 Å². The minimum atomic E-state index is -0.711. The molecule has 0 atom stereocenters. The molecule has 1 fully saturated rings. The quantitative estimate of drug-likeness (QED) is 0.828. The third-order valence-corrected chi connectivity index (χ3v) is 3.99. The maximum atomic E-state index is 11.9. The Morgan fingerprint density at radius 1 is 1.30 bits per heavy atom. The molecule has 1 aliphatic carbocycles. The number of carbonyl (C=O) groups is 1. The van der Waals surface area contributed by atoms with Crippen LogP contribution in [0.25, 0.3) is 0 Å². The Balaban J connectivity index is 1.80. The van der Waals surface area contributed by atoms with Crippen LogP contribution in [-0.4, -0.2) is 28.1 Å². The first-order valence-electron chi connectivity index (χ1n) is 7.48. The number of hydrogen-bond acceptors (Lipinski definition) is 3. The number of aliphatic hydroxyl groups is 1. The summed E-state index contributed by atoms with van der Waals surface area (Å²) in [6.07, 6.45) is 8.11. The minimum absolute atomic E-state index is 0.0478. The summed E-state index contributed by atoms with van der Waals surface area (Å²) >= 11 is 0.